The molecule has 0 aliphatic rings. The standard InChI is InChI=1S/C14H12ClN3S/c15-12-8-11-13(17-9-18-14(11)19-12)16-7-6-10-4-2-1-3-5-10/h1-5,8-9H,6-7H2,(H,16,17,18). The van der Waals surface area contributed by atoms with Gasteiger partial charge in [0.1, 0.15) is 17.0 Å². The Morgan fingerprint density at radius 1 is 1.16 bits per heavy atom. The molecule has 96 valence electrons. The fraction of sp³-hybridized carbons (Fsp3) is 0.143. The Morgan fingerprint density at radius 3 is 2.84 bits per heavy atom. The zero-order chi connectivity index (χ0) is 13.1. The van der Waals surface area contributed by atoms with Crippen molar-refractivity contribution in [1.29, 1.82) is 0 Å². The van der Waals surface area contributed by atoms with Gasteiger partial charge in [-0.2, -0.15) is 0 Å². The summed E-state index contributed by atoms with van der Waals surface area (Å²) in [7, 11) is 0. The molecule has 3 aromatic rings. The minimum Gasteiger partial charge on any atom is -0.369 e. The molecule has 2 heterocycles. The van der Waals surface area contributed by atoms with Gasteiger partial charge in [0.15, 0.2) is 0 Å². The molecule has 0 saturated carbocycles. The highest BCUT2D eigenvalue weighted by Gasteiger charge is 2.06. The molecule has 1 aromatic carbocycles. The van der Waals surface area contributed by atoms with Crippen molar-refractivity contribution < 1.29 is 0 Å². The number of thiophene rings is 1. The summed E-state index contributed by atoms with van der Waals surface area (Å²) in [6.07, 6.45) is 2.53. The van der Waals surface area contributed by atoms with E-state index in [1.54, 1.807) is 6.33 Å². The average molecular weight is 290 g/mol. The Balaban J connectivity index is 1.72. The second-order valence-electron chi connectivity index (χ2n) is 4.15. The monoisotopic (exact) mass is 289 g/mol. The molecular formula is C14H12ClN3S. The van der Waals surface area contributed by atoms with Crippen LogP contribution in [0.15, 0.2) is 42.7 Å². The fourth-order valence-electron chi connectivity index (χ4n) is 1.94. The molecule has 0 atom stereocenters. The fourth-order valence-corrected chi connectivity index (χ4v) is 2.99. The number of hydrogen-bond acceptors (Lipinski definition) is 4. The minimum atomic E-state index is 0.738. The summed E-state index contributed by atoms with van der Waals surface area (Å²) in [6, 6.07) is 12.3. The quantitative estimate of drug-likeness (QED) is 0.789. The molecule has 1 N–H and O–H groups in total. The lowest BCUT2D eigenvalue weighted by Crippen LogP contribution is -2.06. The van der Waals surface area contributed by atoms with Gasteiger partial charge in [-0.25, -0.2) is 9.97 Å². The van der Waals surface area contributed by atoms with Gasteiger partial charge in [0.2, 0.25) is 0 Å². The van der Waals surface area contributed by atoms with Crippen LogP contribution in [0.3, 0.4) is 0 Å². The van der Waals surface area contributed by atoms with Crippen LogP contribution in [0.4, 0.5) is 5.82 Å². The number of nitrogens with one attached hydrogen (secondary N) is 1. The van der Waals surface area contributed by atoms with E-state index in [2.05, 4.69) is 39.6 Å². The van der Waals surface area contributed by atoms with Crippen LogP contribution < -0.4 is 5.32 Å². The first-order valence-electron chi connectivity index (χ1n) is 6.01. The van der Waals surface area contributed by atoms with E-state index in [0.717, 1.165) is 33.3 Å². The van der Waals surface area contributed by atoms with Gasteiger partial charge in [-0.15, -0.1) is 11.3 Å². The van der Waals surface area contributed by atoms with E-state index >= 15 is 0 Å². The predicted molar refractivity (Wildman–Crippen MR) is 81.1 cm³/mol. The molecule has 0 fully saturated rings. The first-order chi connectivity index (χ1) is 9.33. The number of halogens is 1. The lowest BCUT2D eigenvalue weighted by atomic mass is 10.1. The van der Waals surface area contributed by atoms with E-state index in [9.17, 15) is 0 Å². The number of benzene rings is 1. The molecular weight excluding hydrogens is 278 g/mol. The number of hydrogen-bond donors (Lipinski definition) is 1. The Bertz CT molecular complexity index is 681. The molecule has 0 amide bonds. The molecule has 2 aromatic heterocycles. The van der Waals surface area contributed by atoms with Gasteiger partial charge in [0, 0.05) is 6.54 Å². The summed E-state index contributed by atoms with van der Waals surface area (Å²) in [5.41, 5.74) is 1.31. The van der Waals surface area contributed by atoms with Crippen LogP contribution in [0.1, 0.15) is 5.56 Å². The van der Waals surface area contributed by atoms with Crippen LogP contribution in [0.5, 0.6) is 0 Å². The molecule has 0 saturated heterocycles. The smallest absolute Gasteiger partial charge is 0.138 e. The Hall–Kier alpha value is -1.65. The van der Waals surface area contributed by atoms with Gasteiger partial charge in [-0.1, -0.05) is 41.9 Å². The first-order valence-corrected chi connectivity index (χ1v) is 7.20. The predicted octanol–water partition coefficient (Wildman–Crippen LogP) is 4.00. The summed E-state index contributed by atoms with van der Waals surface area (Å²) in [5.74, 6) is 0.851. The van der Waals surface area contributed by atoms with E-state index in [0.29, 0.717) is 0 Å². The highest BCUT2D eigenvalue weighted by Crippen LogP contribution is 2.31. The zero-order valence-corrected chi connectivity index (χ0v) is 11.7. The minimum absolute atomic E-state index is 0.738. The molecule has 0 bridgehead atoms. The van der Waals surface area contributed by atoms with Crippen molar-refractivity contribution >= 4 is 39.0 Å². The highest BCUT2D eigenvalue weighted by molar-refractivity contribution is 7.22. The van der Waals surface area contributed by atoms with Crippen molar-refractivity contribution in [3.05, 3.63) is 52.6 Å². The van der Waals surface area contributed by atoms with Gasteiger partial charge in [0.25, 0.3) is 0 Å². The first kappa shape index (κ1) is 12.4. The third kappa shape index (κ3) is 2.85. The van der Waals surface area contributed by atoms with Gasteiger partial charge in [-0.05, 0) is 18.1 Å². The molecule has 0 aliphatic heterocycles. The maximum Gasteiger partial charge on any atom is 0.138 e. The third-order valence-electron chi connectivity index (χ3n) is 2.85. The normalized spacial score (nSPS) is 10.8. The molecule has 0 spiro atoms. The van der Waals surface area contributed by atoms with Crippen molar-refractivity contribution in [3.63, 3.8) is 0 Å². The molecule has 19 heavy (non-hydrogen) atoms. The summed E-state index contributed by atoms with van der Waals surface area (Å²) in [6.45, 7) is 0.837. The van der Waals surface area contributed by atoms with Crippen molar-refractivity contribution in [2.24, 2.45) is 0 Å². The summed E-state index contributed by atoms with van der Waals surface area (Å²) in [5, 5.41) is 4.34. The van der Waals surface area contributed by atoms with Crippen LogP contribution in [0.2, 0.25) is 4.34 Å². The summed E-state index contributed by atoms with van der Waals surface area (Å²) in [4.78, 5) is 9.41. The number of anilines is 1. The molecule has 0 aliphatic carbocycles. The van der Waals surface area contributed by atoms with Crippen LogP contribution in [-0.4, -0.2) is 16.5 Å². The van der Waals surface area contributed by atoms with Crippen LogP contribution in [-0.2, 0) is 6.42 Å². The lowest BCUT2D eigenvalue weighted by Gasteiger charge is -2.06. The van der Waals surface area contributed by atoms with E-state index in [4.69, 9.17) is 11.6 Å². The van der Waals surface area contributed by atoms with Crippen molar-refractivity contribution in [2.45, 2.75) is 6.42 Å². The van der Waals surface area contributed by atoms with Crippen LogP contribution in [0, 0.1) is 0 Å². The molecule has 0 radical (unpaired) electrons. The van der Waals surface area contributed by atoms with E-state index in [-0.39, 0.29) is 0 Å². The van der Waals surface area contributed by atoms with Crippen molar-refractivity contribution in [3.8, 4) is 0 Å². The van der Waals surface area contributed by atoms with E-state index < -0.39 is 0 Å². The average Bonchev–Trinajstić information content (AvgIpc) is 2.81. The lowest BCUT2D eigenvalue weighted by molar-refractivity contribution is 1.01. The number of aromatic nitrogens is 2. The SMILES string of the molecule is Clc1cc2c(NCCc3ccccc3)ncnc2s1. The van der Waals surface area contributed by atoms with Crippen molar-refractivity contribution in [1.82, 2.24) is 9.97 Å². The van der Waals surface area contributed by atoms with Crippen LogP contribution in [0.25, 0.3) is 10.2 Å². The molecule has 5 heteroatoms. The maximum absolute atomic E-state index is 6.01. The number of fused-ring (bicyclic) bond motifs is 1. The molecule has 3 rings (SSSR count). The van der Waals surface area contributed by atoms with Crippen LogP contribution >= 0.6 is 22.9 Å². The van der Waals surface area contributed by atoms with Gasteiger partial charge in [0.05, 0.1) is 9.72 Å². The van der Waals surface area contributed by atoms with Crippen molar-refractivity contribution in [2.75, 3.05) is 11.9 Å². The van der Waals surface area contributed by atoms with E-state index in [1.165, 1.54) is 16.9 Å². The molecule has 3 nitrogen and oxygen atoms in total. The second kappa shape index (κ2) is 5.55. The topological polar surface area (TPSA) is 37.8 Å². The number of nitrogens with zero attached hydrogens (tertiary/aromatic N) is 2. The van der Waals surface area contributed by atoms with Gasteiger partial charge in [-0.3, -0.25) is 0 Å². The molecule has 0 unspecified atom stereocenters. The Kier molecular flexibility index (Phi) is 3.62. The number of rotatable bonds is 4. The van der Waals surface area contributed by atoms with Gasteiger partial charge < -0.3 is 5.32 Å². The summed E-state index contributed by atoms with van der Waals surface area (Å²) >= 11 is 7.48. The Labute approximate surface area is 120 Å². The zero-order valence-electron chi connectivity index (χ0n) is 10.1. The van der Waals surface area contributed by atoms with E-state index in [1.807, 2.05) is 12.1 Å². The second-order valence-corrected chi connectivity index (χ2v) is 5.82. The largest absolute Gasteiger partial charge is 0.369 e. The summed E-state index contributed by atoms with van der Waals surface area (Å²) < 4.78 is 0.738. The maximum atomic E-state index is 6.01. The Morgan fingerprint density at radius 2 is 2.00 bits per heavy atom. The third-order valence-corrected chi connectivity index (χ3v) is 4.02. The highest BCUT2D eigenvalue weighted by atomic mass is 35.5. The van der Waals surface area contributed by atoms with Gasteiger partial charge >= 0.3 is 0 Å².